The van der Waals surface area contributed by atoms with Gasteiger partial charge in [0.25, 0.3) is 0 Å². The molecule has 3 aromatic rings. The number of nitrogens with one attached hydrogen (secondary N) is 1. The number of rotatable bonds is 3. The first kappa shape index (κ1) is 19.7. The molecule has 1 aromatic carbocycles. The van der Waals surface area contributed by atoms with Crippen molar-refractivity contribution >= 4 is 45.8 Å². The lowest BCUT2D eigenvalue weighted by atomic mass is 9.92. The third-order valence-electron chi connectivity index (χ3n) is 5.43. The van der Waals surface area contributed by atoms with Crippen molar-refractivity contribution in [1.82, 2.24) is 14.9 Å². The smallest absolute Gasteiger partial charge is 0.315 e. The molecule has 0 fully saturated rings. The number of urea groups is 1. The van der Waals surface area contributed by atoms with Gasteiger partial charge in [-0.1, -0.05) is 36.2 Å². The van der Waals surface area contributed by atoms with Crippen molar-refractivity contribution < 1.29 is 9.18 Å². The van der Waals surface area contributed by atoms with Crippen LogP contribution in [-0.2, 0) is 0 Å². The van der Waals surface area contributed by atoms with E-state index in [0.717, 1.165) is 27.7 Å². The lowest BCUT2D eigenvalue weighted by Crippen LogP contribution is -2.38. The number of primary amides is 1. The van der Waals surface area contributed by atoms with E-state index in [1.54, 1.807) is 11.1 Å². The molecule has 3 heterocycles. The molecule has 0 aliphatic carbocycles. The topological polar surface area (TPSA) is 75.0 Å². The molecule has 8 heteroatoms. The zero-order chi connectivity index (χ0) is 20.7. The summed E-state index contributed by atoms with van der Waals surface area (Å²) in [5.41, 5.74) is 9.65. The van der Waals surface area contributed by atoms with E-state index in [2.05, 4.69) is 16.0 Å². The summed E-state index contributed by atoms with van der Waals surface area (Å²) in [6.45, 7) is 2.99. The van der Waals surface area contributed by atoms with E-state index in [4.69, 9.17) is 28.9 Å². The molecule has 1 atom stereocenters. The lowest BCUT2D eigenvalue weighted by molar-refractivity contribution is 0.213. The maximum absolute atomic E-state index is 14.0. The molecule has 0 saturated carbocycles. The van der Waals surface area contributed by atoms with Crippen molar-refractivity contribution in [2.75, 3.05) is 13.1 Å². The van der Waals surface area contributed by atoms with Crippen molar-refractivity contribution in [2.24, 2.45) is 5.73 Å². The SMILES string of the molecule is CC(c1c(Cl)ccc(F)c1Cl)c1c[nH]c2ncc(C3=CCN(C(N)=O)CC3)cc12. The van der Waals surface area contributed by atoms with Crippen molar-refractivity contribution in [3.8, 4) is 0 Å². The number of halogens is 3. The molecular formula is C21H19Cl2FN4O. The van der Waals surface area contributed by atoms with Gasteiger partial charge in [0.2, 0.25) is 0 Å². The standard InChI is InChI=1S/C21H19Cl2FN4O/c1-11(18-16(22)2-3-17(24)19(18)23)15-10-27-20-14(15)8-13(9-26-20)12-4-6-28(7-5-12)21(25)29/h2-4,8-11H,5-7H2,1H3,(H2,25,29)(H,26,27). The Labute approximate surface area is 177 Å². The molecule has 5 nitrogen and oxygen atoms in total. The highest BCUT2D eigenvalue weighted by Gasteiger charge is 2.22. The number of aromatic amines is 1. The van der Waals surface area contributed by atoms with Gasteiger partial charge in [-0.25, -0.2) is 14.2 Å². The van der Waals surface area contributed by atoms with Gasteiger partial charge in [0.15, 0.2) is 0 Å². The fourth-order valence-electron chi connectivity index (χ4n) is 3.78. The number of nitrogens with zero attached hydrogens (tertiary/aromatic N) is 2. The van der Waals surface area contributed by atoms with E-state index in [1.165, 1.54) is 12.1 Å². The molecule has 29 heavy (non-hydrogen) atoms. The van der Waals surface area contributed by atoms with Crippen LogP contribution in [0.3, 0.4) is 0 Å². The second-order valence-corrected chi connectivity index (χ2v) is 7.89. The number of H-pyrrole nitrogens is 1. The number of hydrogen-bond donors (Lipinski definition) is 2. The number of carbonyl (C=O) groups excluding carboxylic acids is 1. The number of aromatic nitrogens is 2. The van der Waals surface area contributed by atoms with Crippen LogP contribution in [0.4, 0.5) is 9.18 Å². The Hall–Kier alpha value is -2.57. The minimum Gasteiger partial charge on any atom is -0.351 e. The molecule has 150 valence electrons. The average Bonchev–Trinajstić information content (AvgIpc) is 3.14. The number of pyridine rings is 1. The van der Waals surface area contributed by atoms with E-state index >= 15 is 0 Å². The summed E-state index contributed by atoms with van der Waals surface area (Å²) in [6, 6.07) is 4.42. The zero-order valence-corrected chi connectivity index (χ0v) is 17.2. The molecule has 0 saturated heterocycles. The molecule has 0 bridgehead atoms. The second-order valence-electron chi connectivity index (χ2n) is 7.11. The number of hydrogen-bond acceptors (Lipinski definition) is 2. The number of carbonyl (C=O) groups is 1. The van der Waals surface area contributed by atoms with Gasteiger partial charge in [-0.2, -0.15) is 0 Å². The van der Waals surface area contributed by atoms with Gasteiger partial charge in [-0.3, -0.25) is 0 Å². The summed E-state index contributed by atoms with van der Waals surface area (Å²) in [7, 11) is 0. The summed E-state index contributed by atoms with van der Waals surface area (Å²) >= 11 is 12.5. The van der Waals surface area contributed by atoms with Crippen LogP contribution in [0, 0.1) is 5.82 Å². The number of fused-ring (bicyclic) bond motifs is 1. The van der Waals surface area contributed by atoms with Crippen LogP contribution >= 0.6 is 23.2 Å². The van der Waals surface area contributed by atoms with Gasteiger partial charge >= 0.3 is 6.03 Å². The first-order chi connectivity index (χ1) is 13.9. The minimum absolute atomic E-state index is 0.0324. The van der Waals surface area contributed by atoms with E-state index in [0.29, 0.717) is 30.1 Å². The van der Waals surface area contributed by atoms with Gasteiger partial charge in [-0.05, 0) is 46.9 Å². The number of nitrogens with two attached hydrogens (primary N) is 1. The monoisotopic (exact) mass is 432 g/mol. The maximum atomic E-state index is 14.0. The Morgan fingerprint density at radius 3 is 2.86 bits per heavy atom. The Morgan fingerprint density at radius 2 is 2.17 bits per heavy atom. The van der Waals surface area contributed by atoms with Crippen LogP contribution in [-0.4, -0.2) is 34.0 Å². The van der Waals surface area contributed by atoms with Crippen LogP contribution in [0.15, 0.2) is 36.7 Å². The highest BCUT2D eigenvalue weighted by Crippen LogP contribution is 2.39. The van der Waals surface area contributed by atoms with Gasteiger partial charge in [0, 0.05) is 41.8 Å². The molecule has 2 amide bonds. The fourth-order valence-corrected chi connectivity index (χ4v) is 4.48. The van der Waals surface area contributed by atoms with E-state index < -0.39 is 11.8 Å². The van der Waals surface area contributed by atoms with E-state index in [-0.39, 0.29) is 10.9 Å². The molecule has 4 rings (SSSR count). The van der Waals surface area contributed by atoms with Crippen LogP contribution in [0.1, 0.15) is 36.0 Å². The molecule has 2 aromatic heterocycles. The van der Waals surface area contributed by atoms with Crippen LogP contribution in [0.5, 0.6) is 0 Å². The quantitative estimate of drug-likeness (QED) is 0.548. The minimum atomic E-state index is -0.497. The average molecular weight is 433 g/mol. The molecule has 1 aliphatic rings. The van der Waals surface area contributed by atoms with Crippen molar-refractivity contribution in [3.63, 3.8) is 0 Å². The molecule has 1 unspecified atom stereocenters. The molecule has 1 aliphatic heterocycles. The second kappa shape index (κ2) is 7.69. The predicted molar refractivity (Wildman–Crippen MR) is 114 cm³/mol. The summed E-state index contributed by atoms with van der Waals surface area (Å²) in [6.07, 6.45) is 6.36. The Morgan fingerprint density at radius 1 is 1.38 bits per heavy atom. The van der Waals surface area contributed by atoms with Crippen LogP contribution in [0.25, 0.3) is 16.6 Å². The first-order valence-electron chi connectivity index (χ1n) is 9.21. The van der Waals surface area contributed by atoms with Crippen LogP contribution in [0.2, 0.25) is 10.0 Å². The predicted octanol–water partition coefficient (Wildman–Crippen LogP) is 5.33. The van der Waals surface area contributed by atoms with Crippen molar-refractivity contribution in [1.29, 1.82) is 0 Å². The Bertz CT molecular complexity index is 1140. The van der Waals surface area contributed by atoms with E-state index in [1.807, 2.05) is 19.2 Å². The first-order valence-corrected chi connectivity index (χ1v) is 9.96. The normalized spacial score (nSPS) is 15.4. The van der Waals surface area contributed by atoms with E-state index in [9.17, 15) is 9.18 Å². The largest absolute Gasteiger partial charge is 0.351 e. The zero-order valence-electron chi connectivity index (χ0n) is 15.7. The summed E-state index contributed by atoms with van der Waals surface area (Å²) < 4.78 is 14.0. The van der Waals surface area contributed by atoms with Gasteiger partial charge in [0.05, 0.1) is 5.02 Å². The number of benzene rings is 1. The highest BCUT2D eigenvalue weighted by molar-refractivity contribution is 6.36. The third kappa shape index (κ3) is 3.58. The lowest BCUT2D eigenvalue weighted by Gasteiger charge is -2.24. The van der Waals surface area contributed by atoms with Crippen LogP contribution < -0.4 is 5.73 Å². The summed E-state index contributed by atoms with van der Waals surface area (Å²) in [5, 5.41) is 1.37. The van der Waals surface area contributed by atoms with Gasteiger partial charge < -0.3 is 15.6 Å². The van der Waals surface area contributed by atoms with Gasteiger partial charge in [-0.15, -0.1) is 0 Å². The summed E-state index contributed by atoms with van der Waals surface area (Å²) in [5.74, 6) is -0.731. The van der Waals surface area contributed by atoms with Crippen molar-refractivity contribution in [2.45, 2.75) is 19.3 Å². The molecule has 0 radical (unpaired) electrons. The van der Waals surface area contributed by atoms with Gasteiger partial charge in [0.1, 0.15) is 11.5 Å². The summed E-state index contributed by atoms with van der Waals surface area (Å²) in [4.78, 5) is 20.6. The number of amides is 2. The fraction of sp³-hybridized carbons (Fsp3) is 0.238. The molecular weight excluding hydrogens is 414 g/mol. The highest BCUT2D eigenvalue weighted by atomic mass is 35.5. The molecule has 3 N–H and O–H groups in total. The molecule has 0 spiro atoms. The Balaban J connectivity index is 1.74. The Kier molecular flexibility index (Phi) is 5.23. The third-order valence-corrected chi connectivity index (χ3v) is 6.15. The maximum Gasteiger partial charge on any atom is 0.315 e. The van der Waals surface area contributed by atoms with Crippen molar-refractivity contribution in [3.05, 3.63) is 69.2 Å².